The predicted octanol–water partition coefficient (Wildman–Crippen LogP) is -0.849. The summed E-state index contributed by atoms with van der Waals surface area (Å²) < 4.78 is 0. The molecule has 0 atom stereocenters. The van der Waals surface area contributed by atoms with Crippen molar-refractivity contribution in [1.29, 1.82) is 0 Å². The Kier molecular flexibility index (Phi) is 16.4. The van der Waals surface area contributed by atoms with Crippen molar-refractivity contribution in [1.82, 2.24) is 0 Å². The number of rotatable bonds is 0. The summed E-state index contributed by atoms with van der Waals surface area (Å²) in [6.45, 7) is 0. The number of aliphatic carboxylic acids is 2. The van der Waals surface area contributed by atoms with E-state index in [0.717, 1.165) is 0 Å². The van der Waals surface area contributed by atoms with Gasteiger partial charge in [-0.15, -0.1) is 0 Å². The molecule has 0 aromatic rings. The van der Waals surface area contributed by atoms with Gasteiger partial charge in [-0.25, -0.2) is 9.59 Å². The fourth-order valence-corrected chi connectivity index (χ4v) is 0. The maximum atomic E-state index is 9.10. The van der Waals surface area contributed by atoms with Crippen LogP contribution in [-0.4, -0.2) is 22.2 Å². The van der Waals surface area contributed by atoms with Gasteiger partial charge in [0.25, 0.3) is 0 Å². The molecular formula is C2H2O4Y2. The Bertz CT molecular complexity index is 78.0. The van der Waals surface area contributed by atoms with Crippen molar-refractivity contribution in [3.63, 3.8) is 0 Å². The quantitative estimate of drug-likeness (QED) is 0.561. The second kappa shape index (κ2) is 8.15. The molecule has 0 aromatic carbocycles. The van der Waals surface area contributed by atoms with E-state index in [0.29, 0.717) is 0 Å². The molecule has 2 N–H and O–H groups in total. The van der Waals surface area contributed by atoms with Gasteiger partial charge in [0, 0.05) is 65.4 Å². The molecule has 0 bridgehead atoms. The van der Waals surface area contributed by atoms with Gasteiger partial charge in [0.15, 0.2) is 0 Å². The molecule has 0 rings (SSSR count). The van der Waals surface area contributed by atoms with E-state index in [1.807, 2.05) is 0 Å². The molecule has 40 valence electrons. The standard InChI is InChI=1S/C2H2O4.2Y/c3-1(4)2(5)6;;/h(H,3,4)(H,5,6);;. The number of carboxylic acids is 2. The van der Waals surface area contributed by atoms with Crippen LogP contribution in [0.3, 0.4) is 0 Å². The predicted molar refractivity (Wildman–Crippen MR) is 15.3 cm³/mol. The van der Waals surface area contributed by atoms with Crippen molar-refractivity contribution >= 4 is 11.9 Å². The van der Waals surface area contributed by atoms with E-state index in [9.17, 15) is 0 Å². The van der Waals surface area contributed by atoms with Crippen molar-refractivity contribution < 1.29 is 85.2 Å². The monoisotopic (exact) mass is 268 g/mol. The molecule has 2 radical (unpaired) electrons. The van der Waals surface area contributed by atoms with Gasteiger partial charge >= 0.3 is 11.9 Å². The fourth-order valence-electron chi connectivity index (χ4n) is 0. The van der Waals surface area contributed by atoms with E-state index in [1.165, 1.54) is 0 Å². The molecule has 0 aliphatic heterocycles. The van der Waals surface area contributed by atoms with Gasteiger partial charge in [-0.2, -0.15) is 0 Å². The molecule has 0 heterocycles. The van der Waals surface area contributed by atoms with E-state index >= 15 is 0 Å². The SMILES string of the molecule is O=C(O)C(=O)O.[Y].[Y]. The van der Waals surface area contributed by atoms with Crippen LogP contribution in [0.1, 0.15) is 0 Å². The molecule has 0 aliphatic carbocycles. The normalized spacial score (nSPS) is 5.50. The minimum absolute atomic E-state index is 0. The Morgan fingerprint density at radius 2 is 1.00 bits per heavy atom. The van der Waals surface area contributed by atoms with Gasteiger partial charge in [-0.3, -0.25) is 0 Å². The zero-order chi connectivity index (χ0) is 5.15. The topological polar surface area (TPSA) is 74.6 Å². The zero-order valence-electron chi connectivity index (χ0n) is 3.87. The van der Waals surface area contributed by atoms with Crippen molar-refractivity contribution in [3.05, 3.63) is 0 Å². The molecule has 6 heteroatoms. The first kappa shape index (κ1) is 16.1. The maximum Gasteiger partial charge on any atom is 0.414 e. The van der Waals surface area contributed by atoms with Crippen molar-refractivity contribution in [2.24, 2.45) is 0 Å². The van der Waals surface area contributed by atoms with Crippen LogP contribution in [-0.2, 0) is 75.0 Å². The van der Waals surface area contributed by atoms with Crippen molar-refractivity contribution in [2.45, 2.75) is 0 Å². The van der Waals surface area contributed by atoms with Crippen molar-refractivity contribution in [3.8, 4) is 0 Å². The smallest absolute Gasteiger partial charge is 0.414 e. The third kappa shape index (κ3) is 10.2. The summed E-state index contributed by atoms with van der Waals surface area (Å²) in [5, 5.41) is 14.8. The largest absolute Gasteiger partial charge is 0.473 e. The van der Waals surface area contributed by atoms with E-state index in [1.54, 1.807) is 0 Å². The van der Waals surface area contributed by atoms with Gasteiger partial charge < -0.3 is 10.2 Å². The maximum absolute atomic E-state index is 9.10. The molecule has 0 amide bonds. The van der Waals surface area contributed by atoms with Crippen LogP contribution < -0.4 is 0 Å². The first-order chi connectivity index (χ1) is 2.64. The van der Waals surface area contributed by atoms with Crippen LogP contribution in [0.25, 0.3) is 0 Å². The minimum Gasteiger partial charge on any atom is -0.473 e. The summed E-state index contributed by atoms with van der Waals surface area (Å²) in [4.78, 5) is 18.2. The minimum atomic E-state index is -1.82. The number of hydrogen-bond acceptors (Lipinski definition) is 2. The first-order valence-electron chi connectivity index (χ1n) is 1.11. The molecule has 0 spiro atoms. The molecule has 0 aliphatic rings. The van der Waals surface area contributed by atoms with Gasteiger partial charge in [-0.05, 0) is 0 Å². The van der Waals surface area contributed by atoms with Gasteiger partial charge in [0.05, 0.1) is 0 Å². The Labute approximate surface area is 95.8 Å². The second-order valence-corrected chi connectivity index (χ2v) is 0.610. The average Bonchev–Trinajstić information content (AvgIpc) is 1.36. The van der Waals surface area contributed by atoms with Crippen LogP contribution in [0.2, 0.25) is 0 Å². The molecule has 0 unspecified atom stereocenters. The second-order valence-electron chi connectivity index (χ2n) is 0.610. The molecule has 0 saturated heterocycles. The Hall–Kier alpha value is 1.15. The van der Waals surface area contributed by atoms with E-state index in [-0.39, 0.29) is 65.4 Å². The summed E-state index contributed by atoms with van der Waals surface area (Å²) in [7, 11) is 0. The molecule has 8 heavy (non-hydrogen) atoms. The summed E-state index contributed by atoms with van der Waals surface area (Å²) in [5.74, 6) is -3.65. The summed E-state index contributed by atoms with van der Waals surface area (Å²) in [6, 6.07) is 0. The van der Waals surface area contributed by atoms with Crippen LogP contribution in [0.15, 0.2) is 0 Å². The number of carbonyl (C=O) groups is 2. The average molecular weight is 268 g/mol. The Morgan fingerprint density at radius 1 is 0.875 bits per heavy atom. The number of carboxylic acid groups (broad SMARTS) is 2. The fraction of sp³-hybridized carbons (Fsp3) is 0. The zero-order valence-corrected chi connectivity index (χ0v) is 9.54. The number of hydrogen-bond donors (Lipinski definition) is 2. The van der Waals surface area contributed by atoms with Crippen LogP contribution in [0.4, 0.5) is 0 Å². The Morgan fingerprint density at radius 3 is 1.00 bits per heavy atom. The van der Waals surface area contributed by atoms with Crippen LogP contribution >= 0.6 is 0 Å². The Balaban J connectivity index is -0.000000125. The van der Waals surface area contributed by atoms with E-state index < -0.39 is 11.9 Å². The third-order valence-corrected chi connectivity index (χ3v) is 0.183. The molecule has 0 fully saturated rings. The van der Waals surface area contributed by atoms with E-state index in [2.05, 4.69) is 0 Å². The van der Waals surface area contributed by atoms with Gasteiger partial charge in [0.1, 0.15) is 0 Å². The molecule has 0 saturated carbocycles. The van der Waals surface area contributed by atoms with Crippen LogP contribution in [0, 0.1) is 0 Å². The molecular weight excluding hydrogens is 266 g/mol. The summed E-state index contributed by atoms with van der Waals surface area (Å²) in [6.07, 6.45) is 0. The molecule has 4 nitrogen and oxygen atoms in total. The molecule has 0 aromatic heterocycles. The van der Waals surface area contributed by atoms with Gasteiger partial charge in [-0.1, -0.05) is 0 Å². The van der Waals surface area contributed by atoms with E-state index in [4.69, 9.17) is 19.8 Å². The van der Waals surface area contributed by atoms with Crippen molar-refractivity contribution in [2.75, 3.05) is 0 Å². The summed E-state index contributed by atoms with van der Waals surface area (Å²) in [5.41, 5.74) is 0. The first-order valence-corrected chi connectivity index (χ1v) is 1.11. The van der Waals surface area contributed by atoms with Crippen LogP contribution in [0.5, 0.6) is 0 Å². The third-order valence-electron chi connectivity index (χ3n) is 0.183. The summed E-state index contributed by atoms with van der Waals surface area (Å²) >= 11 is 0. The van der Waals surface area contributed by atoms with Gasteiger partial charge in [0.2, 0.25) is 0 Å².